The number of nitrogens with one attached hydrogen (secondary N) is 1. The summed E-state index contributed by atoms with van der Waals surface area (Å²) in [4.78, 5) is 22.0. The highest BCUT2D eigenvalue weighted by Gasteiger charge is 2.34. The molecule has 0 radical (unpaired) electrons. The molecule has 2 aromatic carbocycles. The standard InChI is InChI=1S/C25H24F2N4O/c1-3-22(32)31-9-8-19-20-14-17(26)15-21(27)23(20)28-24(19)25(31)16-4-6-18(7-5-16)30-12-10-29(2)11-13-30/h1,4-7,14-15,25,28H,8-13H2,2H3. The molecule has 2 aliphatic heterocycles. The lowest BCUT2D eigenvalue weighted by Gasteiger charge is -2.36. The highest BCUT2D eigenvalue weighted by atomic mass is 19.1. The Morgan fingerprint density at radius 2 is 1.81 bits per heavy atom. The number of likely N-dealkylation sites (N-methyl/N-ethyl adjacent to an activating group) is 1. The van der Waals surface area contributed by atoms with E-state index in [-0.39, 0.29) is 5.52 Å². The van der Waals surface area contributed by atoms with Gasteiger partial charge >= 0.3 is 0 Å². The number of hydrogen-bond donors (Lipinski definition) is 1. The predicted octanol–water partition coefficient (Wildman–Crippen LogP) is 3.31. The monoisotopic (exact) mass is 434 g/mol. The van der Waals surface area contributed by atoms with Crippen molar-refractivity contribution in [2.75, 3.05) is 44.7 Å². The third-order valence-corrected chi connectivity index (χ3v) is 6.61. The smallest absolute Gasteiger partial charge is 0.299 e. The Morgan fingerprint density at radius 3 is 2.50 bits per heavy atom. The number of aromatic nitrogens is 1. The Bertz CT molecular complexity index is 1220. The number of carbonyl (C=O) groups is 1. The van der Waals surface area contributed by atoms with Gasteiger partial charge in [0.1, 0.15) is 11.6 Å². The number of carbonyl (C=O) groups excluding carboxylic acids is 1. The molecule has 164 valence electrons. The molecule has 5 nitrogen and oxygen atoms in total. The first-order valence-corrected chi connectivity index (χ1v) is 10.8. The number of hydrogen-bond acceptors (Lipinski definition) is 3. The van der Waals surface area contributed by atoms with Crippen molar-refractivity contribution in [1.29, 1.82) is 0 Å². The maximum atomic E-state index is 14.5. The van der Waals surface area contributed by atoms with E-state index >= 15 is 0 Å². The number of terminal acetylenes is 1. The summed E-state index contributed by atoms with van der Waals surface area (Å²) in [6.07, 6.45) is 5.92. The van der Waals surface area contributed by atoms with Gasteiger partial charge in [0, 0.05) is 55.6 Å². The summed E-state index contributed by atoms with van der Waals surface area (Å²) in [7, 11) is 2.12. The lowest BCUT2D eigenvalue weighted by molar-refractivity contribution is -0.127. The molecule has 1 unspecified atom stereocenters. The van der Waals surface area contributed by atoms with Crippen LogP contribution in [-0.2, 0) is 11.2 Å². The van der Waals surface area contributed by atoms with E-state index in [1.54, 1.807) is 4.90 Å². The quantitative estimate of drug-likeness (QED) is 0.630. The second kappa shape index (κ2) is 7.95. The molecule has 0 spiro atoms. The molecule has 0 saturated carbocycles. The molecule has 0 bridgehead atoms. The molecule has 7 heteroatoms. The number of anilines is 1. The normalized spacial score (nSPS) is 19.1. The van der Waals surface area contributed by atoms with Gasteiger partial charge in [-0.3, -0.25) is 4.79 Å². The fourth-order valence-electron chi connectivity index (χ4n) is 4.89. The minimum Gasteiger partial charge on any atom is -0.369 e. The minimum absolute atomic E-state index is 0.255. The number of H-pyrrole nitrogens is 1. The topological polar surface area (TPSA) is 42.6 Å². The van der Waals surface area contributed by atoms with Crippen LogP contribution < -0.4 is 4.90 Å². The van der Waals surface area contributed by atoms with Crippen LogP contribution >= 0.6 is 0 Å². The fraction of sp³-hybridized carbons (Fsp3) is 0.320. The summed E-state index contributed by atoms with van der Waals surface area (Å²) in [5.74, 6) is 0.527. The van der Waals surface area contributed by atoms with Crippen LogP contribution in [-0.4, -0.2) is 60.5 Å². The van der Waals surface area contributed by atoms with E-state index in [4.69, 9.17) is 6.42 Å². The average molecular weight is 434 g/mol. The Hall–Kier alpha value is -3.37. The lowest BCUT2D eigenvalue weighted by Crippen LogP contribution is -2.44. The van der Waals surface area contributed by atoms with E-state index < -0.39 is 23.6 Å². The fourth-order valence-corrected chi connectivity index (χ4v) is 4.89. The first-order chi connectivity index (χ1) is 15.5. The van der Waals surface area contributed by atoms with Crippen molar-refractivity contribution < 1.29 is 13.6 Å². The Kier molecular flexibility index (Phi) is 5.10. The van der Waals surface area contributed by atoms with Crippen LogP contribution in [0.4, 0.5) is 14.5 Å². The summed E-state index contributed by atoms with van der Waals surface area (Å²) < 4.78 is 28.4. The number of piperazine rings is 1. The molecule has 1 amide bonds. The molecule has 3 heterocycles. The SMILES string of the molecule is C#CC(=O)N1CCc2c([nH]c3c(F)cc(F)cc23)C1c1ccc(N2CCN(C)CC2)cc1. The Balaban J connectivity index is 1.57. The molecule has 1 fully saturated rings. The second-order valence-corrected chi connectivity index (χ2v) is 8.50. The second-order valence-electron chi connectivity index (χ2n) is 8.50. The zero-order valence-corrected chi connectivity index (χ0v) is 17.9. The highest BCUT2D eigenvalue weighted by molar-refractivity contribution is 5.94. The van der Waals surface area contributed by atoms with Crippen molar-refractivity contribution in [2.24, 2.45) is 0 Å². The van der Waals surface area contributed by atoms with Crippen molar-refractivity contribution in [1.82, 2.24) is 14.8 Å². The number of amides is 1. The average Bonchev–Trinajstić information content (AvgIpc) is 3.17. The van der Waals surface area contributed by atoms with Gasteiger partial charge in [-0.1, -0.05) is 12.1 Å². The van der Waals surface area contributed by atoms with Crippen molar-refractivity contribution in [3.05, 3.63) is 64.9 Å². The number of fused-ring (bicyclic) bond motifs is 3. The minimum atomic E-state index is -0.645. The molecule has 1 saturated heterocycles. The summed E-state index contributed by atoms with van der Waals surface area (Å²) in [5.41, 5.74) is 3.77. The van der Waals surface area contributed by atoms with Gasteiger partial charge < -0.3 is 19.7 Å². The number of aromatic amines is 1. The van der Waals surface area contributed by atoms with E-state index in [1.165, 1.54) is 6.07 Å². The highest BCUT2D eigenvalue weighted by Crippen LogP contribution is 2.39. The number of rotatable bonds is 2. The molecule has 3 aromatic rings. The number of halogens is 2. The van der Waals surface area contributed by atoms with Gasteiger partial charge in [-0.05, 0) is 48.7 Å². The molecule has 1 aromatic heterocycles. The lowest BCUT2D eigenvalue weighted by atomic mass is 9.92. The first-order valence-electron chi connectivity index (χ1n) is 10.8. The van der Waals surface area contributed by atoms with Gasteiger partial charge in [-0.2, -0.15) is 0 Å². The van der Waals surface area contributed by atoms with E-state index in [1.807, 2.05) is 12.1 Å². The maximum Gasteiger partial charge on any atom is 0.299 e. The Morgan fingerprint density at radius 1 is 1.09 bits per heavy atom. The maximum absolute atomic E-state index is 14.5. The van der Waals surface area contributed by atoms with Crippen LogP contribution in [0.5, 0.6) is 0 Å². The summed E-state index contributed by atoms with van der Waals surface area (Å²) in [6.45, 7) is 4.31. The predicted molar refractivity (Wildman–Crippen MR) is 120 cm³/mol. The van der Waals surface area contributed by atoms with Crippen molar-refractivity contribution in [2.45, 2.75) is 12.5 Å². The first kappa shape index (κ1) is 20.5. The van der Waals surface area contributed by atoms with Crippen LogP contribution in [0.15, 0.2) is 36.4 Å². The van der Waals surface area contributed by atoms with E-state index in [2.05, 4.69) is 39.9 Å². The third-order valence-electron chi connectivity index (χ3n) is 6.61. The molecular weight excluding hydrogens is 410 g/mol. The molecule has 0 aliphatic carbocycles. The Labute approximate surface area is 185 Å². The van der Waals surface area contributed by atoms with Crippen LogP contribution in [0.2, 0.25) is 0 Å². The van der Waals surface area contributed by atoms with Crippen molar-refractivity contribution in [3.8, 4) is 12.3 Å². The van der Waals surface area contributed by atoms with Gasteiger partial charge in [0.15, 0.2) is 0 Å². The van der Waals surface area contributed by atoms with Gasteiger partial charge in [0.25, 0.3) is 5.91 Å². The van der Waals surface area contributed by atoms with E-state index in [0.717, 1.165) is 49.1 Å². The van der Waals surface area contributed by atoms with E-state index in [0.29, 0.717) is 24.0 Å². The molecule has 32 heavy (non-hydrogen) atoms. The largest absolute Gasteiger partial charge is 0.369 e. The zero-order chi connectivity index (χ0) is 22.4. The molecule has 5 rings (SSSR count). The van der Waals surface area contributed by atoms with Crippen LogP contribution in [0.25, 0.3) is 10.9 Å². The third kappa shape index (κ3) is 3.41. The van der Waals surface area contributed by atoms with Crippen LogP contribution in [0.1, 0.15) is 22.9 Å². The molecule has 1 N–H and O–H groups in total. The zero-order valence-electron chi connectivity index (χ0n) is 17.9. The van der Waals surface area contributed by atoms with E-state index in [9.17, 15) is 13.6 Å². The van der Waals surface area contributed by atoms with Gasteiger partial charge in [0.05, 0.1) is 11.6 Å². The molecule has 1 atom stereocenters. The van der Waals surface area contributed by atoms with Gasteiger partial charge in [-0.25, -0.2) is 8.78 Å². The molecular formula is C25H24F2N4O. The van der Waals surface area contributed by atoms with Crippen LogP contribution in [0, 0.1) is 24.0 Å². The van der Waals surface area contributed by atoms with Gasteiger partial charge in [0.2, 0.25) is 0 Å². The summed E-state index contributed by atoms with van der Waals surface area (Å²) >= 11 is 0. The molecule has 2 aliphatic rings. The summed E-state index contributed by atoms with van der Waals surface area (Å²) in [5, 5.41) is 0.518. The van der Waals surface area contributed by atoms with Crippen molar-refractivity contribution >= 4 is 22.5 Å². The van der Waals surface area contributed by atoms with Crippen LogP contribution in [0.3, 0.4) is 0 Å². The van der Waals surface area contributed by atoms with Gasteiger partial charge in [-0.15, -0.1) is 6.42 Å². The number of benzene rings is 2. The van der Waals surface area contributed by atoms with Crippen molar-refractivity contribution in [3.63, 3.8) is 0 Å². The number of nitrogens with zero attached hydrogens (tertiary/aromatic N) is 3. The summed E-state index contributed by atoms with van der Waals surface area (Å²) in [6, 6.07) is 9.82.